The van der Waals surface area contributed by atoms with Crippen LogP contribution in [0.2, 0.25) is 0 Å². The molecular weight excluding hydrogens is 355 g/mol. The van der Waals surface area contributed by atoms with Crippen molar-refractivity contribution in [1.82, 2.24) is 0 Å². The Morgan fingerprint density at radius 2 is 1.92 bits per heavy atom. The van der Waals surface area contributed by atoms with Crippen LogP contribution in [-0.4, -0.2) is 26.6 Å². The topological polar surface area (TPSA) is 66.5 Å². The van der Waals surface area contributed by atoms with E-state index in [4.69, 9.17) is 0 Å². The Labute approximate surface area is 152 Å². The molecule has 0 atom stereocenters. The third kappa shape index (κ3) is 4.11. The zero-order valence-electron chi connectivity index (χ0n) is 14.3. The Hall–Kier alpha value is -2.67. The van der Waals surface area contributed by atoms with Crippen LogP contribution < -0.4 is 9.62 Å². The molecule has 2 aromatic rings. The number of carbonyl (C=O) groups is 1. The summed E-state index contributed by atoms with van der Waals surface area (Å²) in [7, 11) is -3.20. The fraction of sp³-hybridized carbons (Fsp3) is 0.211. The number of halogens is 1. The lowest BCUT2D eigenvalue weighted by Crippen LogP contribution is -2.24. The first kappa shape index (κ1) is 18.1. The number of amides is 1. The fourth-order valence-corrected chi connectivity index (χ4v) is 4.27. The van der Waals surface area contributed by atoms with Gasteiger partial charge in [0.25, 0.3) is 0 Å². The molecule has 0 bridgehead atoms. The first-order valence-corrected chi connectivity index (χ1v) is 9.82. The Morgan fingerprint density at radius 1 is 1.19 bits per heavy atom. The maximum absolute atomic E-state index is 13.5. The van der Waals surface area contributed by atoms with Crippen molar-refractivity contribution in [3.05, 3.63) is 65.5 Å². The number of nitrogens with one attached hydrogen (secondary N) is 1. The third-order valence-corrected chi connectivity index (χ3v) is 6.02. The summed E-state index contributed by atoms with van der Waals surface area (Å²) in [6.07, 6.45) is 3.59. The molecule has 5 nitrogen and oxygen atoms in total. The molecule has 2 aromatic carbocycles. The van der Waals surface area contributed by atoms with Crippen LogP contribution in [0.15, 0.2) is 48.5 Å². The molecule has 1 aliphatic rings. The van der Waals surface area contributed by atoms with Gasteiger partial charge in [-0.15, -0.1) is 0 Å². The number of anilines is 2. The number of rotatable bonds is 4. The minimum Gasteiger partial charge on any atom is -0.322 e. The van der Waals surface area contributed by atoms with Crippen LogP contribution in [0, 0.1) is 12.7 Å². The summed E-state index contributed by atoms with van der Waals surface area (Å²) in [6.45, 7) is 2.14. The maximum atomic E-state index is 13.5. The van der Waals surface area contributed by atoms with Crippen LogP contribution in [0.25, 0.3) is 6.08 Å². The van der Waals surface area contributed by atoms with Crippen LogP contribution in [0.3, 0.4) is 0 Å². The van der Waals surface area contributed by atoms with E-state index in [0.29, 0.717) is 29.9 Å². The monoisotopic (exact) mass is 374 g/mol. The summed E-state index contributed by atoms with van der Waals surface area (Å²) < 4.78 is 38.7. The summed E-state index contributed by atoms with van der Waals surface area (Å²) in [5, 5.41) is 2.59. The molecule has 3 rings (SSSR count). The molecule has 0 aromatic heterocycles. The van der Waals surface area contributed by atoms with Crippen LogP contribution in [0.5, 0.6) is 0 Å². The summed E-state index contributed by atoms with van der Waals surface area (Å²) in [4.78, 5) is 11.9. The van der Waals surface area contributed by atoms with Gasteiger partial charge in [0.2, 0.25) is 15.9 Å². The fourth-order valence-electron chi connectivity index (χ4n) is 2.71. The Morgan fingerprint density at radius 3 is 2.54 bits per heavy atom. The van der Waals surface area contributed by atoms with Gasteiger partial charge >= 0.3 is 0 Å². The van der Waals surface area contributed by atoms with Crippen LogP contribution in [0.4, 0.5) is 15.8 Å². The lowest BCUT2D eigenvalue weighted by atomic mass is 10.2. The van der Waals surface area contributed by atoms with Gasteiger partial charge in [-0.3, -0.25) is 9.10 Å². The van der Waals surface area contributed by atoms with E-state index in [1.807, 2.05) is 0 Å². The van der Waals surface area contributed by atoms with Gasteiger partial charge in [-0.1, -0.05) is 18.2 Å². The molecule has 26 heavy (non-hydrogen) atoms. The van der Waals surface area contributed by atoms with Crippen molar-refractivity contribution >= 4 is 33.4 Å². The van der Waals surface area contributed by atoms with Crippen molar-refractivity contribution in [2.75, 3.05) is 21.9 Å². The van der Waals surface area contributed by atoms with Crippen molar-refractivity contribution in [1.29, 1.82) is 0 Å². The van der Waals surface area contributed by atoms with Gasteiger partial charge in [0.05, 0.1) is 11.4 Å². The van der Waals surface area contributed by atoms with Crippen LogP contribution in [0.1, 0.15) is 17.5 Å². The molecule has 0 aliphatic carbocycles. The van der Waals surface area contributed by atoms with Gasteiger partial charge in [0.15, 0.2) is 0 Å². The number of benzene rings is 2. The van der Waals surface area contributed by atoms with Crippen molar-refractivity contribution in [3.63, 3.8) is 0 Å². The standard InChI is InChI=1S/C19H19FN2O3S/c1-14-3-7-16(13-18(14)20)21-19(23)10-6-15-4-8-17(9-5-15)22-11-2-12-26(22,24)25/h3-10,13H,2,11-12H2,1H3,(H,21,23)/b10-6+. The Kier molecular flexibility index (Phi) is 5.08. The van der Waals surface area contributed by atoms with E-state index >= 15 is 0 Å². The molecule has 1 N–H and O–H groups in total. The van der Waals surface area contributed by atoms with Crippen molar-refractivity contribution in [2.24, 2.45) is 0 Å². The molecule has 1 amide bonds. The third-order valence-electron chi connectivity index (χ3n) is 4.15. The van der Waals surface area contributed by atoms with E-state index in [-0.39, 0.29) is 17.5 Å². The van der Waals surface area contributed by atoms with E-state index in [1.165, 1.54) is 16.4 Å². The normalized spacial score (nSPS) is 16.2. The number of sulfonamides is 1. The molecule has 0 unspecified atom stereocenters. The molecule has 1 fully saturated rings. The minimum absolute atomic E-state index is 0.175. The average Bonchev–Trinajstić information content (AvgIpc) is 2.96. The second-order valence-corrected chi connectivity index (χ2v) is 8.13. The molecule has 1 heterocycles. The average molecular weight is 374 g/mol. The zero-order chi connectivity index (χ0) is 18.7. The molecule has 0 radical (unpaired) electrons. The SMILES string of the molecule is Cc1ccc(NC(=O)/C=C/c2ccc(N3CCCS3(=O)=O)cc2)cc1F. The van der Waals surface area contributed by atoms with E-state index in [0.717, 1.165) is 5.56 Å². The largest absolute Gasteiger partial charge is 0.322 e. The smallest absolute Gasteiger partial charge is 0.248 e. The molecule has 1 aliphatic heterocycles. The van der Waals surface area contributed by atoms with Gasteiger partial charge in [0, 0.05) is 18.3 Å². The quantitative estimate of drug-likeness (QED) is 0.835. The molecule has 0 saturated carbocycles. The first-order valence-electron chi connectivity index (χ1n) is 8.21. The zero-order valence-corrected chi connectivity index (χ0v) is 15.1. The predicted octanol–water partition coefficient (Wildman–Crippen LogP) is 3.33. The highest BCUT2D eigenvalue weighted by Crippen LogP contribution is 2.24. The first-order chi connectivity index (χ1) is 12.3. The highest BCUT2D eigenvalue weighted by atomic mass is 32.2. The predicted molar refractivity (Wildman–Crippen MR) is 101 cm³/mol. The van der Waals surface area contributed by atoms with Crippen molar-refractivity contribution in [2.45, 2.75) is 13.3 Å². The summed E-state index contributed by atoms with van der Waals surface area (Å²) in [6, 6.07) is 11.4. The summed E-state index contributed by atoms with van der Waals surface area (Å²) in [5.41, 5.74) is 2.28. The van der Waals surface area contributed by atoms with Gasteiger partial charge in [-0.25, -0.2) is 12.8 Å². The number of hydrogen-bond donors (Lipinski definition) is 1. The van der Waals surface area contributed by atoms with E-state index < -0.39 is 10.0 Å². The number of nitrogens with zero attached hydrogens (tertiary/aromatic N) is 1. The lowest BCUT2D eigenvalue weighted by molar-refractivity contribution is -0.111. The number of hydrogen-bond acceptors (Lipinski definition) is 3. The number of carbonyl (C=O) groups excluding carboxylic acids is 1. The molecular formula is C19H19FN2O3S. The number of aryl methyl sites for hydroxylation is 1. The summed E-state index contributed by atoms with van der Waals surface area (Å²) in [5.74, 6) is -0.576. The van der Waals surface area contributed by atoms with E-state index in [2.05, 4.69) is 5.32 Å². The van der Waals surface area contributed by atoms with Gasteiger partial charge in [0.1, 0.15) is 5.82 Å². The lowest BCUT2D eigenvalue weighted by Gasteiger charge is -2.16. The van der Waals surface area contributed by atoms with Crippen molar-refractivity contribution in [3.8, 4) is 0 Å². The van der Waals surface area contributed by atoms with Crippen molar-refractivity contribution < 1.29 is 17.6 Å². The summed E-state index contributed by atoms with van der Waals surface area (Å²) >= 11 is 0. The minimum atomic E-state index is -3.20. The highest BCUT2D eigenvalue weighted by molar-refractivity contribution is 7.93. The van der Waals surface area contributed by atoms with Crippen LogP contribution in [-0.2, 0) is 14.8 Å². The van der Waals surface area contributed by atoms with E-state index in [1.54, 1.807) is 49.4 Å². The Balaban J connectivity index is 1.64. The second-order valence-electron chi connectivity index (χ2n) is 6.12. The van der Waals surface area contributed by atoms with Gasteiger partial charge < -0.3 is 5.32 Å². The molecule has 0 spiro atoms. The molecule has 1 saturated heterocycles. The maximum Gasteiger partial charge on any atom is 0.248 e. The highest BCUT2D eigenvalue weighted by Gasteiger charge is 2.28. The second kappa shape index (κ2) is 7.29. The Bertz CT molecular complexity index is 953. The van der Waals surface area contributed by atoms with E-state index in [9.17, 15) is 17.6 Å². The van der Waals surface area contributed by atoms with Gasteiger partial charge in [-0.2, -0.15) is 0 Å². The van der Waals surface area contributed by atoms with Gasteiger partial charge in [-0.05, 0) is 54.8 Å². The molecule has 136 valence electrons. The molecule has 7 heteroatoms. The van der Waals surface area contributed by atoms with Crippen LogP contribution >= 0.6 is 0 Å².